The van der Waals surface area contributed by atoms with E-state index >= 15 is 0 Å². The van der Waals surface area contributed by atoms with Crippen molar-refractivity contribution in [3.05, 3.63) is 65.2 Å². The maximum Gasteiger partial charge on any atom is 0.159 e. The fourth-order valence-corrected chi connectivity index (χ4v) is 2.31. The second-order valence-electron chi connectivity index (χ2n) is 4.52. The van der Waals surface area contributed by atoms with Crippen LogP contribution in [0.25, 0.3) is 11.1 Å². The largest absolute Gasteiger partial charge is 0.488 e. The Hall–Kier alpha value is -2.16. The van der Waals surface area contributed by atoms with Crippen LogP contribution in [-0.4, -0.2) is 6.61 Å². The number of hydrogen-bond acceptors (Lipinski definition) is 1. The summed E-state index contributed by atoms with van der Waals surface area (Å²) in [6.07, 6.45) is 0. The van der Waals surface area contributed by atoms with Crippen LogP contribution < -0.4 is 4.74 Å². The topological polar surface area (TPSA) is 9.23 Å². The Morgan fingerprint density at radius 3 is 2.58 bits per heavy atom. The second kappa shape index (κ2) is 4.50. The summed E-state index contributed by atoms with van der Waals surface area (Å²) in [6.45, 7) is 2.34. The zero-order valence-corrected chi connectivity index (χ0v) is 10.4. The lowest BCUT2D eigenvalue weighted by molar-refractivity contribution is 0.364. The molecular weight excluding hydrogens is 246 g/mol. The average molecular weight is 258 g/mol. The molecule has 2 aromatic rings. The lowest BCUT2D eigenvalue weighted by atomic mass is 9.94. The third kappa shape index (κ3) is 2.01. The first-order valence-corrected chi connectivity index (χ1v) is 6.04. The van der Waals surface area contributed by atoms with Gasteiger partial charge in [-0.2, -0.15) is 0 Å². The quantitative estimate of drug-likeness (QED) is 0.741. The van der Waals surface area contributed by atoms with Crippen molar-refractivity contribution in [3.8, 4) is 5.75 Å². The minimum Gasteiger partial charge on any atom is -0.488 e. The van der Waals surface area contributed by atoms with Crippen molar-refractivity contribution in [1.82, 2.24) is 0 Å². The lowest BCUT2D eigenvalue weighted by Crippen LogP contribution is -2.09. The van der Waals surface area contributed by atoms with Crippen LogP contribution in [-0.2, 0) is 0 Å². The van der Waals surface area contributed by atoms with Crippen molar-refractivity contribution in [2.45, 2.75) is 6.92 Å². The number of allylic oxidation sites excluding steroid dienone is 1. The molecule has 0 N–H and O–H groups in total. The molecule has 0 bridgehead atoms. The van der Waals surface area contributed by atoms with Gasteiger partial charge in [-0.05, 0) is 36.3 Å². The molecule has 3 heteroatoms. The lowest BCUT2D eigenvalue weighted by Gasteiger charge is -2.22. The summed E-state index contributed by atoms with van der Waals surface area (Å²) >= 11 is 0. The predicted octanol–water partition coefficient (Wildman–Crippen LogP) is 4.29. The Bertz CT molecular complexity index is 674. The Morgan fingerprint density at radius 1 is 1.00 bits per heavy atom. The molecule has 1 aliphatic heterocycles. The highest BCUT2D eigenvalue weighted by atomic mass is 19.2. The molecule has 3 rings (SSSR count). The van der Waals surface area contributed by atoms with Crippen molar-refractivity contribution in [2.24, 2.45) is 0 Å². The monoisotopic (exact) mass is 258 g/mol. The van der Waals surface area contributed by atoms with Gasteiger partial charge in [0.25, 0.3) is 0 Å². The van der Waals surface area contributed by atoms with Gasteiger partial charge in [0.15, 0.2) is 11.6 Å². The maximum atomic E-state index is 13.3. The van der Waals surface area contributed by atoms with Crippen molar-refractivity contribution in [2.75, 3.05) is 6.61 Å². The molecule has 0 saturated carbocycles. The summed E-state index contributed by atoms with van der Waals surface area (Å²) in [6, 6.07) is 11.6. The minimum atomic E-state index is -0.836. The fraction of sp³-hybridized carbons (Fsp3) is 0.125. The van der Waals surface area contributed by atoms with Gasteiger partial charge in [0.05, 0.1) is 0 Å². The van der Waals surface area contributed by atoms with E-state index in [0.29, 0.717) is 12.2 Å². The van der Waals surface area contributed by atoms with Crippen LogP contribution in [0.2, 0.25) is 0 Å². The van der Waals surface area contributed by atoms with E-state index < -0.39 is 11.6 Å². The second-order valence-corrected chi connectivity index (χ2v) is 4.52. The Labute approximate surface area is 110 Å². The standard InChI is InChI=1S/C16H12F2O/c1-10-12-4-2-3-5-16(12)19-9-13(10)11-6-7-14(17)15(18)8-11/h2-8H,9H2,1H3. The van der Waals surface area contributed by atoms with Gasteiger partial charge in [0.2, 0.25) is 0 Å². The summed E-state index contributed by atoms with van der Waals surface area (Å²) in [5.41, 5.74) is 3.57. The molecule has 0 spiro atoms. The molecule has 0 fully saturated rings. The number of fused-ring (bicyclic) bond motifs is 1. The maximum absolute atomic E-state index is 13.3. The highest BCUT2D eigenvalue weighted by Crippen LogP contribution is 2.36. The Balaban J connectivity index is 2.13. The van der Waals surface area contributed by atoms with Crippen LogP contribution in [0.5, 0.6) is 5.75 Å². The van der Waals surface area contributed by atoms with Crippen LogP contribution in [0.3, 0.4) is 0 Å². The van der Waals surface area contributed by atoms with Crippen molar-refractivity contribution in [3.63, 3.8) is 0 Å². The van der Waals surface area contributed by atoms with Gasteiger partial charge < -0.3 is 4.74 Å². The number of halogens is 2. The first-order valence-electron chi connectivity index (χ1n) is 6.04. The smallest absolute Gasteiger partial charge is 0.159 e. The number of rotatable bonds is 1. The predicted molar refractivity (Wildman–Crippen MR) is 70.8 cm³/mol. The first-order chi connectivity index (χ1) is 9.16. The summed E-state index contributed by atoms with van der Waals surface area (Å²) in [7, 11) is 0. The molecule has 2 aromatic carbocycles. The third-order valence-electron chi connectivity index (χ3n) is 3.38. The van der Waals surface area contributed by atoms with Crippen LogP contribution in [0.15, 0.2) is 42.5 Å². The van der Waals surface area contributed by atoms with E-state index in [2.05, 4.69) is 0 Å². The molecule has 1 heterocycles. The number of hydrogen-bond donors (Lipinski definition) is 0. The molecule has 96 valence electrons. The SMILES string of the molecule is CC1=C(c2ccc(F)c(F)c2)COc2ccccc21. The normalized spacial score (nSPS) is 14.1. The molecule has 0 aromatic heterocycles. The summed E-state index contributed by atoms with van der Waals surface area (Å²) in [5, 5.41) is 0. The zero-order chi connectivity index (χ0) is 13.4. The van der Waals surface area contributed by atoms with Crippen LogP contribution in [0.1, 0.15) is 18.1 Å². The third-order valence-corrected chi connectivity index (χ3v) is 3.38. The van der Waals surface area contributed by atoms with E-state index in [4.69, 9.17) is 4.74 Å². The van der Waals surface area contributed by atoms with E-state index in [0.717, 1.165) is 28.5 Å². The fourth-order valence-electron chi connectivity index (χ4n) is 2.31. The molecule has 0 radical (unpaired) electrons. The average Bonchev–Trinajstić information content (AvgIpc) is 2.43. The Morgan fingerprint density at radius 2 is 1.79 bits per heavy atom. The van der Waals surface area contributed by atoms with Gasteiger partial charge in [-0.3, -0.25) is 0 Å². The van der Waals surface area contributed by atoms with E-state index in [1.165, 1.54) is 6.07 Å². The number of benzene rings is 2. The molecule has 0 aliphatic carbocycles. The van der Waals surface area contributed by atoms with Crippen molar-refractivity contribution in [1.29, 1.82) is 0 Å². The van der Waals surface area contributed by atoms with Crippen LogP contribution in [0.4, 0.5) is 8.78 Å². The first kappa shape index (κ1) is 11.9. The van der Waals surface area contributed by atoms with Gasteiger partial charge in [-0.15, -0.1) is 0 Å². The van der Waals surface area contributed by atoms with Crippen LogP contribution in [0, 0.1) is 11.6 Å². The summed E-state index contributed by atoms with van der Waals surface area (Å²) in [4.78, 5) is 0. The molecule has 1 aliphatic rings. The van der Waals surface area contributed by atoms with E-state index in [1.54, 1.807) is 6.07 Å². The van der Waals surface area contributed by atoms with Gasteiger partial charge in [0, 0.05) is 11.1 Å². The van der Waals surface area contributed by atoms with E-state index in [9.17, 15) is 8.78 Å². The van der Waals surface area contributed by atoms with Crippen LogP contribution >= 0.6 is 0 Å². The molecule has 19 heavy (non-hydrogen) atoms. The minimum absolute atomic E-state index is 0.369. The highest BCUT2D eigenvalue weighted by Gasteiger charge is 2.18. The molecule has 0 atom stereocenters. The zero-order valence-electron chi connectivity index (χ0n) is 10.4. The Kier molecular flexibility index (Phi) is 2.82. The molecule has 0 amide bonds. The van der Waals surface area contributed by atoms with Crippen molar-refractivity contribution >= 4 is 11.1 Å². The van der Waals surface area contributed by atoms with E-state index in [1.807, 2.05) is 31.2 Å². The van der Waals surface area contributed by atoms with Gasteiger partial charge in [-0.1, -0.05) is 24.3 Å². The molecule has 0 saturated heterocycles. The molecular formula is C16H12F2O. The summed E-state index contributed by atoms with van der Waals surface area (Å²) in [5.74, 6) is -0.845. The van der Waals surface area contributed by atoms with Gasteiger partial charge in [0.1, 0.15) is 12.4 Å². The van der Waals surface area contributed by atoms with Gasteiger partial charge >= 0.3 is 0 Å². The number of ether oxygens (including phenoxy) is 1. The van der Waals surface area contributed by atoms with Gasteiger partial charge in [-0.25, -0.2) is 8.78 Å². The number of para-hydroxylation sites is 1. The van der Waals surface area contributed by atoms with Crippen molar-refractivity contribution < 1.29 is 13.5 Å². The van der Waals surface area contributed by atoms with E-state index in [-0.39, 0.29) is 0 Å². The molecule has 1 nitrogen and oxygen atoms in total. The highest BCUT2D eigenvalue weighted by molar-refractivity contribution is 5.93. The molecule has 0 unspecified atom stereocenters. The summed E-state index contributed by atoms with van der Waals surface area (Å²) < 4.78 is 32.0.